The number of pyridine rings is 1. The zero-order chi connectivity index (χ0) is 57.2. The largest absolute Gasteiger partial charge is 0.455 e. The number of para-hydroxylation sites is 1. The highest BCUT2D eigenvalue weighted by molar-refractivity contribution is 7.22. The number of benzene rings is 3. The Morgan fingerprint density at radius 1 is 0.863 bits per heavy atom. The fraction of sp³-hybridized carbons (Fsp3) is 0.426. The van der Waals surface area contributed by atoms with Gasteiger partial charge in [0.25, 0.3) is 5.91 Å². The van der Waals surface area contributed by atoms with Gasteiger partial charge in [0.2, 0.25) is 17.7 Å². The number of nitrogens with one attached hydrogen (secondary N) is 3. The molecule has 1 saturated heterocycles. The number of unbranched alkanes of at least 4 members (excludes halogenated alkanes) is 2. The molecule has 4 N–H and O–H groups in total. The van der Waals surface area contributed by atoms with E-state index in [4.69, 9.17) is 14.8 Å². The maximum atomic E-state index is 14.3. The molecule has 9 rings (SSSR count). The van der Waals surface area contributed by atoms with Crippen molar-refractivity contribution < 1.29 is 33.8 Å². The van der Waals surface area contributed by atoms with E-state index in [0.29, 0.717) is 67.4 Å². The summed E-state index contributed by atoms with van der Waals surface area (Å²) in [5.41, 5.74) is 9.74. The van der Waals surface area contributed by atoms with E-state index in [1.165, 1.54) is 16.2 Å². The lowest BCUT2D eigenvalue weighted by molar-refractivity contribution is -0.144. The van der Waals surface area contributed by atoms with Gasteiger partial charge in [0.05, 0.1) is 44.1 Å². The van der Waals surface area contributed by atoms with Gasteiger partial charge in [0.15, 0.2) is 10.8 Å². The average molecular weight is 1120 g/mol. The number of fused-ring (bicyclic) bond motifs is 2. The van der Waals surface area contributed by atoms with Gasteiger partial charge in [-0.15, -0.1) is 11.3 Å². The summed E-state index contributed by atoms with van der Waals surface area (Å²) >= 11 is 3.00. The van der Waals surface area contributed by atoms with E-state index >= 15 is 0 Å². The molecular formula is C61H72N10O7S2. The summed E-state index contributed by atoms with van der Waals surface area (Å²) in [5.74, 6) is -1.26. The molecule has 0 spiro atoms. The second-order valence-electron chi connectivity index (χ2n) is 23.1. The molecule has 7 aromatic rings. The summed E-state index contributed by atoms with van der Waals surface area (Å²) in [7, 11) is 0. The lowest BCUT2D eigenvalue weighted by Gasteiger charge is -2.35. The van der Waals surface area contributed by atoms with E-state index < -0.39 is 41.1 Å². The van der Waals surface area contributed by atoms with Crippen molar-refractivity contribution in [2.45, 2.75) is 151 Å². The number of nitrogens with zero attached hydrogens (tertiary/aromatic N) is 7. The van der Waals surface area contributed by atoms with Crippen LogP contribution < -0.4 is 20.9 Å². The quantitative estimate of drug-likeness (QED) is 0.0495. The number of ether oxygens (including phenoxy) is 1. The first kappa shape index (κ1) is 57.3. The number of aliphatic hydroxyl groups excluding tert-OH is 1. The number of rotatable bonds is 17. The molecule has 17 nitrogen and oxygen atoms in total. The van der Waals surface area contributed by atoms with Crippen LogP contribution >= 0.6 is 22.7 Å². The Morgan fingerprint density at radius 2 is 1.62 bits per heavy atom. The topological polar surface area (TPSA) is 214 Å². The third kappa shape index (κ3) is 13.0. The number of carbonyl (C=O) groups excluding carboxylic acids is 5. The molecule has 4 amide bonds. The summed E-state index contributed by atoms with van der Waals surface area (Å²) in [4.78, 5) is 88.3. The number of aliphatic hydroxyl groups is 1. The number of hydrogen-bond donors (Lipinski definition) is 4. The van der Waals surface area contributed by atoms with Crippen molar-refractivity contribution >= 4 is 73.4 Å². The number of amides is 4. The lowest BCUT2D eigenvalue weighted by atomic mass is 9.85. The minimum absolute atomic E-state index is 0.0140. The first-order valence-electron chi connectivity index (χ1n) is 27.4. The molecule has 2 aliphatic rings. The minimum atomic E-state index is -0.933. The van der Waals surface area contributed by atoms with Crippen LogP contribution in [0.4, 0.5) is 10.9 Å². The van der Waals surface area contributed by atoms with Crippen molar-refractivity contribution in [1.29, 1.82) is 0 Å². The Hall–Kier alpha value is -7.35. The SMILES string of the molecule is Cc1ncsc1-c1ccc(C(C)NC(=O)[C@@H]2C[C@@H](O)CN2C(=O)C(NC(=O)CCCCCn2nc(C)c(-c3ccc(N4CCc5cccc(C(=O)Nc6nc7ccccc7s6)c5C4)nc3C(=O)OC(C)(C)C)c2C)C(C)(C)C)cc1. The Labute approximate surface area is 475 Å². The number of esters is 1. The molecular weight excluding hydrogens is 1050 g/mol. The normalized spacial score (nSPS) is 16.3. The van der Waals surface area contributed by atoms with Crippen molar-refractivity contribution in [1.82, 2.24) is 40.3 Å². The van der Waals surface area contributed by atoms with Crippen LogP contribution in [0.2, 0.25) is 0 Å². The van der Waals surface area contributed by atoms with E-state index in [-0.39, 0.29) is 48.8 Å². The molecule has 0 aliphatic carbocycles. The van der Waals surface area contributed by atoms with Gasteiger partial charge in [0, 0.05) is 61.4 Å². The monoisotopic (exact) mass is 1120 g/mol. The highest BCUT2D eigenvalue weighted by Crippen LogP contribution is 2.36. The first-order chi connectivity index (χ1) is 38.0. The fourth-order valence-electron chi connectivity index (χ4n) is 10.7. The Morgan fingerprint density at radius 3 is 2.34 bits per heavy atom. The van der Waals surface area contributed by atoms with Crippen LogP contribution in [0.3, 0.4) is 0 Å². The molecule has 80 heavy (non-hydrogen) atoms. The van der Waals surface area contributed by atoms with Crippen LogP contribution in [0, 0.1) is 26.2 Å². The maximum Gasteiger partial charge on any atom is 0.358 e. The minimum Gasteiger partial charge on any atom is -0.455 e. The summed E-state index contributed by atoms with van der Waals surface area (Å²) in [5, 5.41) is 25.3. The molecule has 4 aromatic heterocycles. The van der Waals surface area contributed by atoms with Gasteiger partial charge in [-0.3, -0.25) is 29.2 Å². The average Bonchev–Trinajstić information content (AvgIpc) is 4.25. The molecule has 3 aromatic carbocycles. The molecule has 2 aliphatic heterocycles. The molecule has 0 saturated carbocycles. The third-order valence-electron chi connectivity index (χ3n) is 14.8. The summed E-state index contributed by atoms with van der Waals surface area (Å²) in [6, 6.07) is 23.1. The number of likely N-dealkylation sites (tertiary alicyclic amines) is 1. The van der Waals surface area contributed by atoms with Crippen LogP contribution in [0.25, 0.3) is 31.8 Å². The molecule has 0 bridgehead atoms. The van der Waals surface area contributed by atoms with E-state index in [1.807, 2.05) is 158 Å². The van der Waals surface area contributed by atoms with Gasteiger partial charge < -0.3 is 30.3 Å². The molecule has 4 atom stereocenters. The molecule has 19 heteroatoms. The van der Waals surface area contributed by atoms with Crippen LogP contribution in [-0.4, -0.2) is 101 Å². The van der Waals surface area contributed by atoms with Crippen molar-refractivity contribution in [2.24, 2.45) is 5.41 Å². The summed E-state index contributed by atoms with van der Waals surface area (Å²) < 4.78 is 8.88. The Balaban J connectivity index is 0.818. The van der Waals surface area contributed by atoms with E-state index in [0.717, 1.165) is 60.0 Å². The van der Waals surface area contributed by atoms with Crippen molar-refractivity contribution in [3.63, 3.8) is 0 Å². The first-order valence-corrected chi connectivity index (χ1v) is 29.1. The van der Waals surface area contributed by atoms with E-state index in [2.05, 4.69) is 30.8 Å². The van der Waals surface area contributed by atoms with Gasteiger partial charge in [-0.05, 0) is 126 Å². The highest BCUT2D eigenvalue weighted by Gasteiger charge is 2.45. The summed E-state index contributed by atoms with van der Waals surface area (Å²) in [6.07, 6.45) is 2.04. The Kier molecular flexibility index (Phi) is 17.0. The number of aromatic nitrogens is 5. The van der Waals surface area contributed by atoms with Crippen molar-refractivity contribution in [3.8, 4) is 21.6 Å². The number of β-amino-alcohol motifs (C(OH)–C–C–N with tert-alkyl or cyclic N) is 1. The second kappa shape index (κ2) is 23.8. The maximum absolute atomic E-state index is 14.3. The van der Waals surface area contributed by atoms with Crippen LogP contribution in [0.1, 0.15) is 141 Å². The van der Waals surface area contributed by atoms with E-state index in [9.17, 15) is 29.1 Å². The fourth-order valence-corrected chi connectivity index (χ4v) is 12.3. The predicted octanol–water partition coefficient (Wildman–Crippen LogP) is 10.3. The smallest absolute Gasteiger partial charge is 0.358 e. The molecule has 0 radical (unpaired) electrons. The van der Waals surface area contributed by atoms with Crippen molar-refractivity contribution in [3.05, 3.63) is 129 Å². The predicted molar refractivity (Wildman–Crippen MR) is 314 cm³/mol. The zero-order valence-electron chi connectivity index (χ0n) is 47.3. The number of carbonyl (C=O) groups is 5. The number of anilines is 2. The van der Waals surface area contributed by atoms with Gasteiger partial charge in [-0.1, -0.05) is 87.1 Å². The molecule has 1 fully saturated rings. The summed E-state index contributed by atoms with van der Waals surface area (Å²) in [6.45, 7) is 20.4. The van der Waals surface area contributed by atoms with Crippen LogP contribution in [0.15, 0.2) is 84.4 Å². The van der Waals surface area contributed by atoms with Crippen molar-refractivity contribution in [2.75, 3.05) is 23.3 Å². The van der Waals surface area contributed by atoms with Crippen LogP contribution in [0.5, 0.6) is 0 Å². The van der Waals surface area contributed by atoms with E-state index in [1.54, 1.807) is 11.3 Å². The van der Waals surface area contributed by atoms with Crippen LogP contribution in [-0.2, 0) is 38.6 Å². The number of thiazole rings is 2. The second-order valence-corrected chi connectivity index (χ2v) is 25.0. The molecule has 6 heterocycles. The highest BCUT2D eigenvalue weighted by atomic mass is 32.1. The zero-order valence-corrected chi connectivity index (χ0v) is 48.9. The number of hydrogen-bond acceptors (Lipinski definition) is 14. The standard InChI is InChI=1S/C61H72N10O7S2/c1-35(39-22-24-41(25-23-39)53-37(3)62-34-79-53)63-56(75)47-31-42(72)32-70(47)57(76)54(60(5,6)7)66-50(73)21-12-11-15-29-71-38(4)51(36(2)68-71)44-26-27-49(65-52(44)58(77)78-61(8,9)10)69-30-28-40-17-16-18-43(45(40)33-69)55(74)67-59-64-46-19-13-14-20-48(46)80-59/h13-14,16-20,22-27,34-35,42,47,54,72H,11-12,15,21,28-33H2,1-10H3,(H,63,75)(H,66,73)(H,64,67,74)/t35?,42-,47+,54?/m1/s1. The molecule has 420 valence electrons. The third-order valence-corrected chi connectivity index (χ3v) is 16.7. The van der Waals surface area contributed by atoms with Gasteiger partial charge in [-0.2, -0.15) is 5.10 Å². The van der Waals surface area contributed by atoms with Gasteiger partial charge in [0.1, 0.15) is 23.5 Å². The van der Waals surface area contributed by atoms with Gasteiger partial charge >= 0.3 is 5.97 Å². The molecule has 2 unspecified atom stereocenters. The lowest BCUT2D eigenvalue weighted by Crippen LogP contribution is -2.57. The Bertz CT molecular complexity index is 3410. The number of aryl methyl sites for hydroxylation is 3. The van der Waals surface area contributed by atoms with Gasteiger partial charge in [-0.25, -0.2) is 19.7 Å².